The van der Waals surface area contributed by atoms with Crippen LogP contribution in [0.4, 0.5) is 5.69 Å². The summed E-state index contributed by atoms with van der Waals surface area (Å²) in [6.07, 6.45) is 2.66. The number of nitrogens with one attached hydrogen (secondary N) is 1. The molecule has 6 nitrogen and oxygen atoms in total. The summed E-state index contributed by atoms with van der Waals surface area (Å²) >= 11 is 6.07. The van der Waals surface area contributed by atoms with E-state index in [4.69, 9.17) is 16.3 Å². The summed E-state index contributed by atoms with van der Waals surface area (Å²) in [6.45, 7) is 4.12. The molecule has 24 heavy (non-hydrogen) atoms. The summed E-state index contributed by atoms with van der Waals surface area (Å²) < 4.78 is 30.4. The number of carbonyl (C=O) groups is 1. The van der Waals surface area contributed by atoms with Crippen LogP contribution in [-0.2, 0) is 14.8 Å². The molecule has 0 saturated heterocycles. The van der Waals surface area contributed by atoms with Gasteiger partial charge in [-0.25, -0.2) is 8.42 Å². The van der Waals surface area contributed by atoms with Gasteiger partial charge in [-0.1, -0.05) is 18.5 Å². The average Bonchev–Trinajstić information content (AvgIpc) is 2.50. The normalized spacial score (nSPS) is 12.5. The Hall–Kier alpha value is -1.47. The Morgan fingerprint density at radius 1 is 1.42 bits per heavy atom. The molecule has 0 aliphatic carbocycles. The fourth-order valence-corrected chi connectivity index (χ4v) is 3.34. The van der Waals surface area contributed by atoms with Gasteiger partial charge in [0.2, 0.25) is 15.9 Å². The summed E-state index contributed by atoms with van der Waals surface area (Å²) in [5.74, 6) is 0.396. The number of sulfonamides is 1. The van der Waals surface area contributed by atoms with E-state index in [9.17, 15) is 13.2 Å². The number of nitrogens with zero attached hydrogens (tertiary/aromatic N) is 1. The van der Waals surface area contributed by atoms with Crippen LogP contribution in [0.2, 0.25) is 5.02 Å². The molecule has 0 spiro atoms. The van der Waals surface area contributed by atoms with E-state index in [1.165, 1.54) is 11.4 Å². The SMILES string of the molecule is CCC(C)NC(=O)CCCN(c1ccc(OC)c(Cl)c1)S(C)(=O)=O. The first kappa shape index (κ1) is 20.6. The molecule has 0 aromatic heterocycles. The van der Waals surface area contributed by atoms with Crippen molar-refractivity contribution in [2.24, 2.45) is 0 Å². The van der Waals surface area contributed by atoms with Crippen LogP contribution >= 0.6 is 11.6 Å². The maximum atomic E-state index is 12.0. The summed E-state index contributed by atoms with van der Waals surface area (Å²) in [6, 6.07) is 4.90. The van der Waals surface area contributed by atoms with Crippen molar-refractivity contribution in [3.8, 4) is 5.75 Å². The predicted octanol–water partition coefficient (Wildman–Crippen LogP) is 2.81. The van der Waals surface area contributed by atoms with Crippen molar-refractivity contribution in [3.05, 3.63) is 23.2 Å². The van der Waals surface area contributed by atoms with Crippen LogP contribution in [0.3, 0.4) is 0 Å². The Balaban J connectivity index is 2.78. The number of methoxy groups -OCH3 is 1. The highest BCUT2D eigenvalue weighted by Crippen LogP contribution is 2.30. The monoisotopic (exact) mass is 376 g/mol. The van der Waals surface area contributed by atoms with Crippen molar-refractivity contribution in [1.82, 2.24) is 5.32 Å². The van der Waals surface area contributed by atoms with Crippen LogP contribution in [0.1, 0.15) is 33.1 Å². The molecular formula is C16H25ClN2O4S. The summed E-state index contributed by atoms with van der Waals surface area (Å²) in [5.41, 5.74) is 0.450. The number of halogens is 1. The Morgan fingerprint density at radius 2 is 2.08 bits per heavy atom. The molecule has 1 atom stereocenters. The van der Waals surface area contributed by atoms with Gasteiger partial charge in [-0.2, -0.15) is 0 Å². The highest BCUT2D eigenvalue weighted by Gasteiger charge is 2.19. The third-order valence-electron chi connectivity index (χ3n) is 3.61. The summed E-state index contributed by atoms with van der Waals surface area (Å²) in [4.78, 5) is 11.8. The van der Waals surface area contributed by atoms with Gasteiger partial charge >= 0.3 is 0 Å². The van der Waals surface area contributed by atoms with Gasteiger partial charge in [0.1, 0.15) is 5.75 Å². The Bertz CT molecular complexity index is 664. The van der Waals surface area contributed by atoms with Crippen LogP contribution < -0.4 is 14.4 Å². The molecule has 0 aliphatic heterocycles. The first-order valence-corrected chi connectivity index (χ1v) is 10.0. The molecule has 0 heterocycles. The third kappa shape index (κ3) is 6.20. The number of hydrogen-bond donors (Lipinski definition) is 1. The van der Waals surface area contributed by atoms with Gasteiger partial charge in [-0.3, -0.25) is 9.10 Å². The second kappa shape index (κ2) is 9.13. The zero-order valence-corrected chi connectivity index (χ0v) is 16.1. The van der Waals surface area contributed by atoms with Gasteiger partial charge in [-0.05, 0) is 38.0 Å². The van der Waals surface area contributed by atoms with Gasteiger partial charge < -0.3 is 10.1 Å². The Labute approximate surface area is 149 Å². The molecule has 0 bridgehead atoms. The van der Waals surface area contributed by atoms with E-state index in [0.29, 0.717) is 22.9 Å². The molecule has 0 radical (unpaired) electrons. The standard InChI is InChI=1S/C16H25ClN2O4S/c1-5-12(2)18-16(20)7-6-10-19(24(4,21)22)13-8-9-15(23-3)14(17)11-13/h8-9,11-12H,5-7,10H2,1-4H3,(H,18,20). The smallest absolute Gasteiger partial charge is 0.232 e. The van der Waals surface area contributed by atoms with Crippen molar-refractivity contribution in [2.75, 3.05) is 24.2 Å². The van der Waals surface area contributed by atoms with Crippen LogP contribution in [0, 0.1) is 0 Å². The van der Waals surface area contributed by atoms with E-state index in [1.807, 2.05) is 13.8 Å². The van der Waals surface area contributed by atoms with E-state index in [0.717, 1.165) is 12.7 Å². The molecule has 1 aromatic carbocycles. The summed E-state index contributed by atoms with van der Waals surface area (Å²) in [7, 11) is -1.99. The number of hydrogen-bond acceptors (Lipinski definition) is 4. The van der Waals surface area contributed by atoms with Crippen molar-refractivity contribution in [3.63, 3.8) is 0 Å². The second-order valence-corrected chi connectivity index (χ2v) is 7.95. The lowest BCUT2D eigenvalue weighted by molar-refractivity contribution is -0.121. The van der Waals surface area contributed by atoms with E-state index < -0.39 is 10.0 Å². The largest absolute Gasteiger partial charge is 0.495 e. The maximum absolute atomic E-state index is 12.0. The molecular weight excluding hydrogens is 352 g/mol. The van der Waals surface area contributed by atoms with Crippen molar-refractivity contribution >= 4 is 33.2 Å². The van der Waals surface area contributed by atoms with E-state index in [2.05, 4.69) is 5.32 Å². The molecule has 1 rings (SSSR count). The Morgan fingerprint density at radius 3 is 2.58 bits per heavy atom. The van der Waals surface area contributed by atoms with Gasteiger partial charge in [-0.15, -0.1) is 0 Å². The molecule has 1 N–H and O–H groups in total. The van der Waals surface area contributed by atoms with Crippen molar-refractivity contribution in [2.45, 2.75) is 39.2 Å². The average molecular weight is 377 g/mol. The lowest BCUT2D eigenvalue weighted by Crippen LogP contribution is -2.34. The zero-order chi connectivity index (χ0) is 18.3. The van der Waals surface area contributed by atoms with Gasteiger partial charge in [0.05, 0.1) is 24.1 Å². The molecule has 136 valence electrons. The first-order chi connectivity index (χ1) is 11.2. The molecule has 0 aliphatic rings. The van der Waals surface area contributed by atoms with Crippen LogP contribution in [0.15, 0.2) is 18.2 Å². The summed E-state index contributed by atoms with van der Waals surface area (Å²) in [5, 5.41) is 3.19. The number of rotatable bonds is 9. The van der Waals surface area contributed by atoms with Crippen molar-refractivity contribution < 1.29 is 17.9 Å². The highest BCUT2D eigenvalue weighted by atomic mass is 35.5. The number of anilines is 1. The molecule has 8 heteroatoms. The lowest BCUT2D eigenvalue weighted by Gasteiger charge is -2.23. The lowest BCUT2D eigenvalue weighted by atomic mass is 10.2. The topological polar surface area (TPSA) is 75.7 Å². The fourth-order valence-electron chi connectivity index (χ4n) is 2.13. The molecule has 1 amide bonds. The number of carbonyl (C=O) groups excluding carboxylic acids is 1. The second-order valence-electron chi connectivity index (χ2n) is 5.63. The minimum atomic E-state index is -3.48. The third-order valence-corrected chi connectivity index (χ3v) is 5.10. The van der Waals surface area contributed by atoms with Gasteiger partial charge in [0.15, 0.2) is 0 Å². The van der Waals surface area contributed by atoms with Crippen molar-refractivity contribution in [1.29, 1.82) is 0 Å². The number of amides is 1. The Kier molecular flexibility index (Phi) is 7.83. The fraction of sp³-hybridized carbons (Fsp3) is 0.562. The molecule has 0 saturated carbocycles. The highest BCUT2D eigenvalue weighted by molar-refractivity contribution is 7.92. The number of benzene rings is 1. The molecule has 0 fully saturated rings. The molecule has 1 aromatic rings. The zero-order valence-electron chi connectivity index (χ0n) is 14.5. The van der Waals surface area contributed by atoms with Crippen LogP contribution in [0.25, 0.3) is 0 Å². The first-order valence-electron chi connectivity index (χ1n) is 7.79. The van der Waals surface area contributed by atoms with E-state index in [-0.39, 0.29) is 24.9 Å². The minimum Gasteiger partial charge on any atom is -0.495 e. The minimum absolute atomic E-state index is 0.0782. The van der Waals surface area contributed by atoms with Crippen LogP contribution in [0.5, 0.6) is 5.75 Å². The predicted molar refractivity (Wildman–Crippen MR) is 97.3 cm³/mol. The molecule has 1 unspecified atom stereocenters. The van der Waals surface area contributed by atoms with Gasteiger partial charge in [0, 0.05) is 19.0 Å². The maximum Gasteiger partial charge on any atom is 0.232 e. The van der Waals surface area contributed by atoms with E-state index in [1.54, 1.807) is 18.2 Å². The number of ether oxygens (including phenoxy) is 1. The van der Waals surface area contributed by atoms with Crippen LogP contribution in [-0.4, -0.2) is 40.3 Å². The van der Waals surface area contributed by atoms with Gasteiger partial charge in [0.25, 0.3) is 0 Å². The van der Waals surface area contributed by atoms with E-state index >= 15 is 0 Å². The quantitative estimate of drug-likeness (QED) is 0.719.